The first-order chi connectivity index (χ1) is 14.6. The van der Waals surface area contributed by atoms with Crippen LogP contribution in [0.4, 0.5) is 5.69 Å². The van der Waals surface area contributed by atoms with Crippen LogP contribution in [0.25, 0.3) is 11.1 Å². The van der Waals surface area contributed by atoms with E-state index in [0.717, 1.165) is 16.8 Å². The first kappa shape index (κ1) is 26.0. The molecule has 0 amide bonds. The normalized spacial score (nSPS) is 11.9. The van der Waals surface area contributed by atoms with Crippen molar-refractivity contribution in [1.82, 2.24) is 0 Å². The molecule has 0 heterocycles. The Hall–Kier alpha value is -2.27. The summed E-state index contributed by atoms with van der Waals surface area (Å²) < 4.78 is 0. The van der Waals surface area contributed by atoms with Gasteiger partial charge >= 0.3 is 18.9 Å². The third-order valence-electron chi connectivity index (χ3n) is 5.84. The predicted octanol–water partition coefficient (Wildman–Crippen LogP) is 2.81. The van der Waals surface area contributed by atoms with Crippen molar-refractivity contribution in [2.24, 2.45) is 0 Å². The fraction of sp³-hybridized carbons (Fsp3) is 0.345. The maximum absolute atomic E-state index is 12.6. The molecule has 3 heteroatoms. The minimum atomic E-state index is 0. The van der Waals surface area contributed by atoms with Gasteiger partial charge in [-0.25, -0.2) is 4.99 Å². The molecule has 3 aromatic rings. The number of hydrogen-bond donors (Lipinski definition) is 1. The standard InChI is InChI=1S/C29H35NO.Li/c1-19(2)25-9-8-10-26(20(3)4)28(25)30-18-23-17-22(13-16-27(23)31)21-11-14-24(15-12-21)29(5,6)7;/h8-20,31H,1-7H3;/q;+1. The molecular weight excluding hydrogens is 385 g/mol. The van der Waals surface area contributed by atoms with Crippen LogP contribution in [-0.4, -0.2) is 6.21 Å². The molecule has 0 fully saturated rings. The molecule has 32 heavy (non-hydrogen) atoms. The number of para-hydroxylation sites is 1. The SMILES string of the molecule is CC(C)c1cccc(C(C)C)c1[NH+]=Cc1cc(-c2ccc(C(C)(C)C)cc2)ccc1[O-].[Li+]. The van der Waals surface area contributed by atoms with E-state index in [-0.39, 0.29) is 30.0 Å². The molecule has 0 aliphatic rings. The molecule has 0 saturated heterocycles. The number of hydrogen-bond acceptors (Lipinski definition) is 1. The van der Waals surface area contributed by atoms with E-state index in [0.29, 0.717) is 17.4 Å². The molecule has 3 rings (SSSR count). The summed E-state index contributed by atoms with van der Waals surface area (Å²) >= 11 is 0. The summed E-state index contributed by atoms with van der Waals surface area (Å²) in [6, 6.07) is 20.6. The average molecular weight is 421 g/mol. The number of benzene rings is 3. The van der Waals surface area contributed by atoms with Crippen LogP contribution in [0.5, 0.6) is 5.75 Å². The van der Waals surface area contributed by atoms with Crippen molar-refractivity contribution in [1.29, 1.82) is 0 Å². The van der Waals surface area contributed by atoms with E-state index in [9.17, 15) is 5.11 Å². The summed E-state index contributed by atoms with van der Waals surface area (Å²) in [4.78, 5) is 3.48. The molecule has 0 aromatic heterocycles. The van der Waals surface area contributed by atoms with Crippen LogP contribution in [0.2, 0.25) is 0 Å². The van der Waals surface area contributed by atoms with Crippen molar-refractivity contribution in [3.8, 4) is 16.9 Å². The molecule has 0 spiro atoms. The Labute approximate surface area is 206 Å². The molecule has 2 nitrogen and oxygen atoms in total. The number of nitrogens with one attached hydrogen (secondary N) is 1. The van der Waals surface area contributed by atoms with E-state index >= 15 is 0 Å². The minimum absolute atomic E-state index is 0. The van der Waals surface area contributed by atoms with Crippen LogP contribution in [0.3, 0.4) is 0 Å². The van der Waals surface area contributed by atoms with Gasteiger partial charge in [-0.05, 0) is 40.0 Å². The van der Waals surface area contributed by atoms with Crippen LogP contribution < -0.4 is 29.0 Å². The van der Waals surface area contributed by atoms with E-state index in [1.807, 2.05) is 18.3 Å². The van der Waals surface area contributed by atoms with Gasteiger partial charge in [0.25, 0.3) is 0 Å². The summed E-state index contributed by atoms with van der Waals surface area (Å²) in [5, 5.41) is 12.6. The van der Waals surface area contributed by atoms with Crippen molar-refractivity contribution in [2.75, 3.05) is 0 Å². The van der Waals surface area contributed by atoms with Gasteiger partial charge in [-0.15, -0.1) is 0 Å². The molecule has 0 radical (unpaired) electrons. The van der Waals surface area contributed by atoms with Crippen LogP contribution in [0.1, 0.15) is 82.6 Å². The predicted molar refractivity (Wildman–Crippen MR) is 130 cm³/mol. The van der Waals surface area contributed by atoms with Gasteiger partial charge in [-0.3, -0.25) is 0 Å². The molecule has 0 bridgehead atoms. The fourth-order valence-corrected chi connectivity index (χ4v) is 3.87. The van der Waals surface area contributed by atoms with Gasteiger partial charge in [0.15, 0.2) is 6.21 Å². The molecule has 3 aromatic carbocycles. The van der Waals surface area contributed by atoms with Crippen LogP contribution in [0, 0.1) is 0 Å². The minimum Gasteiger partial charge on any atom is -0.872 e. The average Bonchev–Trinajstić information content (AvgIpc) is 2.72. The first-order valence-electron chi connectivity index (χ1n) is 11.2. The molecule has 0 aliphatic heterocycles. The Kier molecular flexibility index (Phi) is 8.58. The largest absolute Gasteiger partial charge is 1.00 e. The zero-order valence-electron chi connectivity index (χ0n) is 20.9. The van der Waals surface area contributed by atoms with Crippen molar-refractivity contribution < 1.29 is 29.0 Å². The zero-order chi connectivity index (χ0) is 22.8. The summed E-state index contributed by atoms with van der Waals surface area (Å²) in [7, 11) is 0. The van der Waals surface area contributed by atoms with E-state index in [1.165, 1.54) is 16.7 Å². The van der Waals surface area contributed by atoms with E-state index < -0.39 is 0 Å². The third-order valence-corrected chi connectivity index (χ3v) is 5.84. The first-order valence-corrected chi connectivity index (χ1v) is 11.2. The Bertz CT molecular complexity index is 1050. The van der Waals surface area contributed by atoms with E-state index in [1.54, 1.807) is 6.07 Å². The third kappa shape index (κ3) is 5.94. The molecule has 1 N–H and O–H groups in total. The quantitative estimate of drug-likeness (QED) is 0.500. The summed E-state index contributed by atoms with van der Waals surface area (Å²) in [5.74, 6) is 0.818. The van der Waals surface area contributed by atoms with Crippen LogP contribution in [0.15, 0.2) is 60.7 Å². The Balaban J connectivity index is 0.00000363. The van der Waals surface area contributed by atoms with Gasteiger partial charge in [0.05, 0.1) is 0 Å². The molecule has 162 valence electrons. The maximum atomic E-state index is 12.6. The van der Waals surface area contributed by atoms with Gasteiger partial charge in [-0.2, -0.15) is 0 Å². The van der Waals surface area contributed by atoms with Gasteiger partial charge in [0.1, 0.15) is 0 Å². The van der Waals surface area contributed by atoms with Crippen molar-refractivity contribution >= 4 is 11.9 Å². The smallest absolute Gasteiger partial charge is 0.872 e. The molecule has 0 aliphatic carbocycles. The Morgan fingerprint density at radius 3 is 1.81 bits per heavy atom. The molecule has 0 unspecified atom stereocenters. The van der Waals surface area contributed by atoms with Gasteiger partial charge in [0.2, 0.25) is 5.69 Å². The van der Waals surface area contributed by atoms with E-state index in [2.05, 4.69) is 95.9 Å². The Morgan fingerprint density at radius 2 is 1.31 bits per heavy atom. The second-order valence-corrected chi connectivity index (χ2v) is 9.99. The van der Waals surface area contributed by atoms with Crippen LogP contribution >= 0.6 is 0 Å². The molecule has 0 atom stereocenters. The van der Waals surface area contributed by atoms with Gasteiger partial charge in [0, 0.05) is 16.7 Å². The van der Waals surface area contributed by atoms with Crippen molar-refractivity contribution in [2.45, 2.75) is 65.7 Å². The second-order valence-electron chi connectivity index (χ2n) is 9.99. The van der Waals surface area contributed by atoms with Gasteiger partial charge in [-0.1, -0.05) is 109 Å². The van der Waals surface area contributed by atoms with Crippen molar-refractivity contribution in [3.63, 3.8) is 0 Å². The Morgan fingerprint density at radius 1 is 0.781 bits per heavy atom. The maximum Gasteiger partial charge on any atom is 1.00 e. The fourth-order valence-electron chi connectivity index (χ4n) is 3.87. The summed E-state index contributed by atoms with van der Waals surface area (Å²) in [5.41, 5.74) is 7.92. The van der Waals surface area contributed by atoms with Crippen LogP contribution in [-0.2, 0) is 5.41 Å². The monoisotopic (exact) mass is 420 g/mol. The van der Waals surface area contributed by atoms with Gasteiger partial charge < -0.3 is 5.11 Å². The second kappa shape index (κ2) is 10.6. The topological polar surface area (TPSA) is 37.0 Å². The zero-order valence-corrected chi connectivity index (χ0v) is 20.9. The summed E-state index contributed by atoms with van der Waals surface area (Å²) in [6.07, 6.45) is 1.86. The molecular formula is C29H35LiNO+. The summed E-state index contributed by atoms with van der Waals surface area (Å²) in [6.45, 7) is 15.4. The number of rotatable bonds is 5. The van der Waals surface area contributed by atoms with E-state index in [4.69, 9.17) is 0 Å². The molecule has 0 saturated carbocycles. The van der Waals surface area contributed by atoms with Crippen molar-refractivity contribution in [3.05, 3.63) is 82.9 Å².